The maximum atomic E-state index is 12.7. The molecule has 0 aliphatic carbocycles. The number of aliphatic hydroxyl groups is 1. The van der Waals surface area contributed by atoms with Crippen LogP contribution in [0.25, 0.3) is 0 Å². The van der Waals surface area contributed by atoms with Crippen molar-refractivity contribution in [3.63, 3.8) is 0 Å². The highest BCUT2D eigenvalue weighted by molar-refractivity contribution is 7.89. The minimum atomic E-state index is -3.88. The summed E-state index contributed by atoms with van der Waals surface area (Å²) in [6.45, 7) is 1.67. The van der Waals surface area contributed by atoms with Crippen LogP contribution in [0.1, 0.15) is 34.5 Å². The van der Waals surface area contributed by atoms with Crippen molar-refractivity contribution in [2.24, 2.45) is 0 Å². The molecule has 1 aliphatic heterocycles. The largest absolute Gasteiger partial charge is 0.477 e. The Morgan fingerprint density at radius 1 is 1.50 bits per heavy atom. The highest BCUT2D eigenvalue weighted by atomic mass is 32.2. The Morgan fingerprint density at radius 3 is 2.80 bits per heavy atom. The Balaban J connectivity index is 2.49. The van der Waals surface area contributed by atoms with Crippen LogP contribution >= 0.6 is 11.3 Å². The van der Waals surface area contributed by atoms with Crippen molar-refractivity contribution in [2.75, 3.05) is 13.2 Å². The molecule has 1 fully saturated rings. The van der Waals surface area contributed by atoms with Crippen molar-refractivity contribution in [1.82, 2.24) is 4.31 Å². The number of thiophene rings is 1. The molecule has 0 saturated carbocycles. The molecule has 1 aromatic heterocycles. The summed E-state index contributed by atoms with van der Waals surface area (Å²) in [5.74, 6) is -1.24. The van der Waals surface area contributed by atoms with Gasteiger partial charge in [0.1, 0.15) is 9.77 Å². The summed E-state index contributed by atoms with van der Waals surface area (Å²) >= 11 is 0.916. The van der Waals surface area contributed by atoms with E-state index in [2.05, 4.69) is 0 Å². The van der Waals surface area contributed by atoms with Gasteiger partial charge in [-0.25, -0.2) is 13.2 Å². The first-order valence-corrected chi connectivity index (χ1v) is 8.65. The number of piperidine rings is 1. The number of carbonyl (C=O) groups is 1. The lowest BCUT2D eigenvalue weighted by Crippen LogP contribution is -2.45. The molecule has 2 N–H and O–H groups in total. The van der Waals surface area contributed by atoms with Crippen LogP contribution in [0.2, 0.25) is 0 Å². The number of hydrogen-bond acceptors (Lipinski definition) is 5. The number of aromatic carboxylic acids is 1. The molecule has 20 heavy (non-hydrogen) atoms. The quantitative estimate of drug-likeness (QED) is 0.872. The number of aryl methyl sites for hydroxylation is 1. The van der Waals surface area contributed by atoms with Crippen LogP contribution in [0.15, 0.2) is 10.3 Å². The molecule has 8 heteroatoms. The minimum Gasteiger partial charge on any atom is -0.477 e. The van der Waals surface area contributed by atoms with Gasteiger partial charge in [-0.3, -0.25) is 0 Å². The summed E-state index contributed by atoms with van der Waals surface area (Å²) in [6, 6.07) is -0.463. The maximum absolute atomic E-state index is 12.7. The minimum absolute atomic E-state index is 0.129. The fraction of sp³-hybridized carbons (Fsp3) is 0.583. The van der Waals surface area contributed by atoms with E-state index < -0.39 is 22.0 Å². The first-order chi connectivity index (χ1) is 9.39. The molecular formula is C12H17NO5S2. The lowest BCUT2D eigenvalue weighted by molar-refractivity contribution is 0.0697. The Hall–Kier alpha value is -0.960. The molecule has 0 bridgehead atoms. The van der Waals surface area contributed by atoms with Crippen LogP contribution in [-0.4, -0.2) is 48.1 Å². The van der Waals surface area contributed by atoms with Crippen LogP contribution in [0.5, 0.6) is 0 Å². The lowest BCUT2D eigenvalue weighted by Gasteiger charge is -2.33. The summed E-state index contributed by atoms with van der Waals surface area (Å²) in [6.07, 6.45) is 2.19. The van der Waals surface area contributed by atoms with Crippen molar-refractivity contribution >= 4 is 27.3 Å². The monoisotopic (exact) mass is 319 g/mol. The van der Waals surface area contributed by atoms with Crippen molar-refractivity contribution in [2.45, 2.75) is 37.1 Å². The summed E-state index contributed by atoms with van der Waals surface area (Å²) in [5.41, 5.74) is 0.440. The number of nitrogens with zero attached hydrogens (tertiary/aromatic N) is 1. The number of rotatable bonds is 4. The molecule has 0 amide bonds. The van der Waals surface area contributed by atoms with Gasteiger partial charge in [-0.2, -0.15) is 4.31 Å². The van der Waals surface area contributed by atoms with Crippen LogP contribution in [0, 0.1) is 6.92 Å². The van der Waals surface area contributed by atoms with Crippen molar-refractivity contribution in [3.8, 4) is 0 Å². The van der Waals surface area contributed by atoms with Gasteiger partial charge in [-0.15, -0.1) is 11.3 Å². The Labute approximate surface area is 121 Å². The van der Waals surface area contributed by atoms with Crippen LogP contribution in [0.4, 0.5) is 0 Å². The number of sulfonamides is 1. The van der Waals surface area contributed by atoms with Gasteiger partial charge in [0.05, 0.1) is 6.61 Å². The first-order valence-electron chi connectivity index (χ1n) is 6.33. The predicted octanol–water partition coefficient (Wildman–Crippen LogP) is 1.29. The highest BCUT2D eigenvalue weighted by Gasteiger charge is 2.37. The van der Waals surface area contributed by atoms with Crippen LogP contribution in [-0.2, 0) is 10.0 Å². The zero-order valence-corrected chi connectivity index (χ0v) is 12.7. The normalized spacial score (nSPS) is 21.0. The molecule has 0 spiro atoms. The second-order valence-electron chi connectivity index (χ2n) is 4.83. The van der Waals surface area contributed by atoms with E-state index in [1.807, 2.05) is 0 Å². The topological polar surface area (TPSA) is 94.9 Å². The predicted molar refractivity (Wildman–Crippen MR) is 74.6 cm³/mol. The standard InChI is InChI=1S/C12H17NO5S2/c1-8-7-19-10(12(15)16)11(8)20(17,18)13-5-3-2-4-9(13)6-14/h7,9,14H,2-6H2,1H3,(H,15,16). The van der Waals surface area contributed by atoms with Crippen molar-refractivity contribution < 1.29 is 23.4 Å². The Bertz CT molecular complexity index is 607. The average Bonchev–Trinajstić information content (AvgIpc) is 2.81. The molecule has 1 saturated heterocycles. The third-order valence-corrected chi connectivity index (χ3v) is 6.82. The molecule has 1 atom stereocenters. The number of carboxylic acids is 1. The summed E-state index contributed by atoms with van der Waals surface area (Å²) in [7, 11) is -3.88. The lowest BCUT2D eigenvalue weighted by atomic mass is 10.1. The van der Waals surface area contributed by atoms with Crippen LogP contribution < -0.4 is 0 Å². The Morgan fingerprint density at radius 2 is 2.20 bits per heavy atom. The molecule has 2 rings (SSSR count). The molecule has 2 heterocycles. The van der Waals surface area contributed by atoms with E-state index in [1.54, 1.807) is 6.92 Å². The SMILES string of the molecule is Cc1csc(C(=O)O)c1S(=O)(=O)N1CCCCC1CO. The highest BCUT2D eigenvalue weighted by Crippen LogP contribution is 2.32. The zero-order chi connectivity index (χ0) is 14.9. The van der Waals surface area contributed by atoms with Crippen molar-refractivity contribution in [1.29, 1.82) is 0 Å². The van der Waals surface area contributed by atoms with E-state index >= 15 is 0 Å². The fourth-order valence-corrected chi connectivity index (χ4v) is 5.76. The molecule has 6 nitrogen and oxygen atoms in total. The van der Waals surface area contributed by atoms with E-state index in [0.717, 1.165) is 24.2 Å². The second-order valence-corrected chi connectivity index (χ2v) is 7.54. The smallest absolute Gasteiger partial charge is 0.347 e. The van der Waals surface area contributed by atoms with E-state index in [9.17, 15) is 18.3 Å². The summed E-state index contributed by atoms with van der Waals surface area (Å²) in [5, 5.41) is 20.0. The molecule has 0 radical (unpaired) electrons. The van der Waals surface area contributed by atoms with Gasteiger partial charge >= 0.3 is 5.97 Å². The van der Waals surface area contributed by atoms with E-state index in [-0.39, 0.29) is 16.4 Å². The second kappa shape index (κ2) is 5.80. The molecule has 0 aromatic carbocycles. The molecule has 1 unspecified atom stereocenters. The third-order valence-electron chi connectivity index (χ3n) is 3.46. The summed E-state index contributed by atoms with van der Waals surface area (Å²) < 4.78 is 26.7. The molecule has 112 valence electrons. The van der Waals surface area contributed by atoms with E-state index in [4.69, 9.17) is 5.11 Å². The number of hydrogen-bond donors (Lipinski definition) is 2. The number of aliphatic hydroxyl groups excluding tert-OH is 1. The van der Waals surface area contributed by atoms with Gasteiger partial charge in [0.2, 0.25) is 10.0 Å². The summed E-state index contributed by atoms with van der Waals surface area (Å²) in [4.78, 5) is 10.9. The van der Waals surface area contributed by atoms with Gasteiger partial charge in [-0.1, -0.05) is 6.42 Å². The van der Waals surface area contributed by atoms with Gasteiger partial charge in [0.25, 0.3) is 0 Å². The average molecular weight is 319 g/mol. The third kappa shape index (κ3) is 2.60. The maximum Gasteiger partial charge on any atom is 0.347 e. The Kier molecular flexibility index (Phi) is 4.48. The molecule has 1 aromatic rings. The molecular weight excluding hydrogens is 302 g/mol. The van der Waals surface area contributed by atoms with Crippen molar-refractivity contribution in [3.05, 3.63) is 15.8 Å². The van der Waals surface area contributed by atoms with Gasteiger partial charge in [-0.05, 0) is 30.7 Å². The number of carboxylic acid groups (broad SMARTS) is 1. The fourth-order valence-electron chi connectivity index (χ4n) is 2.49. The first kappa shape index (κ1) is 15.4. The van der Waals surface area contributed by atoms with E-state index in [0.29, 0.717) is 18.5 Å². The molecule has 1 aliphatic rings. The van der Waals surface area contributed by atoms with Gasteiger partial charge in [0.15, 0.2) is 0 Å². The van der Waals surface area contributed by atoms with E-state index in [1.165, 1.54) is 9.69 Å². The van der Waals surface area contributed by atoms with Crippen LogP contribution in [0.3, 0.4) is 0 Å². The van der Waals surface area contributed by atoms with Gasteiger partial charge in [0, 0.05) is 12.6 Å². The zero-order valence-electron chi connectivity index (χ0n) is 11.1. The van der Waals surface area contributed by atoms with Gasteiger partial charge < -0.3 is 10.2 Å².